The molecule has 0 aliphatic rings. The molecule has 1 unspecified atom stereocenters. The van der Waals surface area contributed by atoms with Crippen LogP contribution in [-0.2, 0) is 4.74 Å². The Morgan fingerprint density at radius 1 is 0.913 bits per heavy atom. The van der Waals surface area contributed by atoms with Crippen molar-refractivity contribution >= 4 is 5.78 Å². The number of hydrogen-bond donors (Lipinski definition) is 0. The summed E-state index contributed by atoms with van der Waals surface area (Å²) < 4.78 is 5.53. The zero-order valence-corrected chi connectivity index (χ0v) is 13.9. The molecular formula is C21H26O2. The lowest BCUT2D eigenvalue weighted by Gasteiger charge is -2.16. The number of ketones is 1. The van der Waals surface area contributed by atoms with E-state index in [1.165, 1.54) is 0 Å². The fraction of sp³-hybridized carbons (Fsp3) is 0.381. The zero-order chi connectivity index (χ0) is 16.3. The molecule has 0 bridgehead atoms. The number of ether oxygens (including phenoxy) is 1. The lowest BCUT2D eigenvalue weighted by atomic mass is 9.86. The molecule has 2 aromatic rings. The van der Waals surface area contributed by atoms with Crippen LogP contribution >= 0.6 is 0 Å². The molecule has 0 amide bonds. The molecule has 2 heteroatoms. The summed E-state index contributed by atoms with van der Waals surface area (Å²) >= 11 is 0. The molecule has 0 heterocycles. The van der Waals surface area contributed by atoms with Gasteiger partial charge in [-0.25, -0.2) is 0 Å². The van der Waals surface area contributed by atoms with Gasteiger partial charge in [0.05, 0.1) is 0 Å². The number of hydrogen-bond acceptors (Lipinski definition) is 2. The highest BCUT2D eigenvalue weighted by molar-refractivity contribution is 6.00. The second kappa shape index (κ2) is 9.96. The Balaban J connectivity index is 2.00. The molecule has 0 fully saturated rings. The lowest BCUT2D eigenvalue weighted by Crippen LogP contribution is -2.13. The van der Waals surface area contributed by atoms with Crippen LogP contribution in [0.3, 0.4) is 0 Å². The SMILES string of the molecule is CCCOCCCCC(C(=O)c1ccccc1)c1ccccc1. The number of carbonyl (C=O) groups excluding carboxylic acids is 1. The number of carbonyl (C=O) groups is 1. The van der Waals surface area contributed by atoms with Gasteiger partial charge < -0.3 is 4.74 Å². The van der Waals surface area contributed by atoms with E-state index in [1.807, 2.05) is 48.5 Å². The molecule has 0 aliphatic heterocycles. The number of rotatable bonds is 10. The van der Waals surface area contributed by atoms with E-state index in [4.69, 9.17) is 4.74 Å². The Hall–Kier alpha value is -1.93. The summed E-state index contributed by atoms with van der Waals surface area (Å²) in [4.78, 5) is 12.9. The van der Waals surface area contributed by atoms with Gasteiger partial charge in [-0.05, 0) is 24.8 Å². The standard InChI is InChI=1S/C21H26O2/c1-2-16-23-17-10-9-15-20(18-11-5-3-6-12-18)21(22)19-13-7-4-8-14-19/h3-8,11-14,20H,2,9-10,15-17H2,1H3. The van der Waals surface area contributed by atoms with Crippen LogP contribution in [0.5, 0.6) is 0 Å². The topological polar surface area (TPSA) is 26.3 Å². The minimum atomic E-state index is -0.0650. The molecule has 2 aromatic carbocycles. The Morgan fingerprint density at radius 2 is 1.57 bits per heavy atom. The third kappa shape index (κ3) is 5.65. The van der Waals surface area contributed by atoms with Crippen molar-refractivity contribution in [1.29, 1.82) is 0 Å². The maximum absolute atomic E-state index is 12.9. The largest absolute Gasteiger partial charge is 0.381 e. The third-order valence-electron chi connectivity index (χ3n) is 3.96. The molecule has 0 spiro atoms. The summed E-state index contributed by atoms with van der Waals surface area (Å²) in [5.41, 5.74) is 1.90. The van der Waals surface area contributed by atoms with Gasteiger partial charge in [-0.1, -0.05) is 74.0 Å². The van der Waals surface area contributed by atoms with Gasteiger partial charge in [0.1, 0.15) is 0 Å². The van der Waals surface area contributed by atoms with E-state index in [-0.39, 0.29) is 11.7 Å². The van der Waals surface area contributed by atoms with Gasteiger partial charge in [0, 0.05) is 24.7 Å². The van der Waals surface area contributed by atoms with E-state index in [2.05, 4.69) is 19.1 Å². The molecule has 0 N–H and O–H groups in total. The van der Waals surface area contributed by atoms with Crippen LogP contribution in [0.25, 0.3) is 0 Å². The lowest BCUT2D eigenvalue weighted by molar-refractivity contribution is 0.0948. The molecular weight excluding hydrogens is 284 g/mol. The van der Waals surface area contributed by atoms with Crippen LogP contribution in [0.1, 0.15) is 54.4 Å². The highest BCUT2D eigenvalue weighted by Crippen LogP contribution is 2.26. The van der Waals surface area contributed by atoms with Gasteiger partial charge in [-0.15, -0.1) is 0 Å². The summed E-state index contributed by atoms with van der Waals surface area (Å²) in [7, 11) is 0. The van der Waals surface area contributed by atoms with E-state index in [0.717, 1.165) is 50.0 Å². The molecule has 0 saturated heterocycles. The Labute approximate surface area is 139 Å². The maximum Gasteiger partial charge on any atom is 0.170 e. The summed E-state index contributed by atoms with van der Waals surface area (Å²) in [6.45, 7) is 3.73. The number of benzene rings is 2. The molecule has 0 aromatic heterocycles. The predicted molar refractivity (Wildman–Crippen MR) is 94.9 cm³/mol. The van der Waals surface area contributed by atoms with Gasteiger partial charge >= 0.3 is 0 Å². The van der Waals surface area contributed by atoms with Crippen LogP contribution in [0.4, 0.5) is 0 Å². The fourth-order valence-corrected chi connectivity index (χ4v) is 2.74. The van der Waals surface area contributed by atoms with E-state index in [9.17, 15) is 4.79 Å². The van der Waals surface area contributed by atoms with Crippen LogP contribution in [0.15, 0.2) is 60.7 Å². The zero-order valence-electron chi connectivity index (χ0n) is 13.9. The van der Waals surface area contributed by atoms with Crippen LogP contribution in [-0.4, -0.2) is 19.0 Å². The summed E-state index contributed by atoms with van der Waals surface area (Å²) in [6, 6.07) is 19.7. The first-order chi connectivity index (χ1) is 11.3. The summed E-state index contributed by atoms with van der Waals surface area (Å²) in [5, 5.41) is 0. The highest BCUT2D eigenvalue weighted by atomic mass is 16.5. The predicted octanol–water partition coefficient (Wildman–Crippen LogP) is 5.25. The molecule has 2 nitrogen and oxygen atoms in total. The van der Waals surface area contributed by atoms with Crippen molar-refractivity contribution in [2.24, 2.45) is 0 Å². The van der Waals surface area contributed by atoms with Crippen molar-refractivity contribution in [3.8, 4) is 0 Å². The summed E-state index contributed by atoms with van der Waals surface area (Å²) in [6.07, 6.45) is 3.93. The molecule has 23 heavy (non-hydrogen) atoms. The van der Waals surface area contributed by atoms with Crippen molar-refractivity contribution < 1.29 is 9.53 Å². The smallest absolute Gasteiger partial charge is 0.170 e. The average Bonchev–Trinajstić information content (AvgIpc) is 2.62. The third-order valence-corrected chi connectivity index (χ3v) is 3.96. The number of Topliss-reactive ketones (excluding diaryl/α,β-unsaturated/α-hetero) is 1. The van der Waals surface area contributed by atoms with Crippen molar-refractivity contribution in [2.45, 2.75) is 38.5 Å². The van der Waals surface area contributed by atoms with Crippen molar-refractivity contribution in [2.75, 3.05) is 13.2 Å². The normalized spacial score (nSPS) is 12.0. The second-order valence-electron chi connectivity index (χ2n) is 5.80. The van der Waals surface area contributed by atoms with E-state index >= 15 is 0 Å². The van der Waals surface area contributed by atoms with Crippen LogP contribution < -0.4 is 0 Å². The highest BCUT2D eigenvalue weighted by Gasteiger charge is 2.21. The molecule has 1 atom stereocenters. The fourth-order valence-electron chi connectivity index (χ4n) is 2.74. The Bertz CT molecular complexity index is 563. The Kier molecular flexibility index (Phi) is 7.55. The van der Waals surface area contributed by atoms with Gasteiger partial charge in [0.15, 0.2) is 5.78 Å². The first kappa shape index (κ1) is 17.4. The molecule has 122 valence electrons. The van der Waals surface area contributed by atoms with Crippen molar-refractivity contribution in [1.82, 2.24) is 0 Å². The molecule has 0 aliphatic carbocycles. The maximum atomic E-state index is 12.9. The van der Waals surface area contributed by atoms with Gasteiger partial charge in [-0.3, -0.25) is 4.79 Å². The van der Waals surface area contributed by atoms with Gasteiger partial charge in [0.2, 0.25) is 0 Å². The molecule has 0 radical (unpaired) electrons. The summed E-state index contributed by atoms with van der Waals surface area (Å²) in [5.74, 6) is 0.149. The van der Waals surface area contributed by atoms with E-state index in [1.54, 1.807) is 0 Å². The van der Waals surface area contributed by atoms with Crippen molar-refractivity contribution in [3.05, 3.63) is 71.8 Å². The first-order valence-corrected chi connectivity index (χ1v) is 8.55. The number of unbranched alkanes of at least 4 members (excludes halogenated alkanes) is 1. The molecule has 0 saturated carbocycles. The average molecular weight is 310 g/mol. The first-order valence-electron chi connectivity index (χ1n) is 8.55. The van der Waals surface area contributed by atoms with Gasteiger partial charge in [-0.2, -0.15) is 0 Å². The monoisotopic (exact) mass is 310 g/mol. The minimum Gasteiger partial charge on any atom is -0.381 e. The van der Waals surface area contributed by atoms with Gasteiger partial charge in [0.25, 0.3) is 0 Å². The second-order valence-corrected chi connectivity index (χ2v) is 5.80. The minimum absolute atomic E-state index is 0.0650. The van der Waals surface area contributed by atoms with Crippen LogP contribution in [0, 0.1) is 0 Å². The Morgan fingerprint density at radius 3 is 2.22 bits per heavy atom. The van der Waals surface area contributed by atoms with E-state index < -0.39 is 0 Å². The van der Waals surface area contributed by atoms with Crippen LogP contribution in [0.2, 0.25) is 0 Å². The van der Waals surface area contributed by atoms with E-state index in [0.29, 0.717) is 0 Å². The van der Waals surface area contributed by atoms with Crippen molar-refractivity contribution in [3.63, 3.8) is 0 Å². The quantitative estimate of drug-likeness (QED) is 0.442. The molecule has 2 rings (SSSR count).